The molecule has 1 aromatic heterocycles. The normalized spacial score (nSPS) is 10.7. The van der Waals surface area contributed by atoms with E-state index in [9.17, 15) is 4.79 Å². The van der Waals surface area contributed by atoms with Crippen molar-refractivity contribution in [2.75, 3.05) is 5.75 Å². The van der Waals surface area contributed by atoms with E-state index in [0.29, 0.717) is 0 Å². The van der Waals surface area contributed by atoms with Gasteiger partial charge in [-0.25, -0.2) is 9.89 Å². The number of unbranched alkanes of at least 4 members (excludes halogenated alkanes) is 1. The summed E-state index contributed by atoms with van der Waals surface area (Å²) in [5.41, 5.74) is -0.0918. The van der Waals surface area contributed by atoms with Crippen molar-refractivity contribution in [1.29, 1.82) is 0 Å². The van der Waals surface area contributed by atoms with Crippen LogP contribution in [0.1, 0.15) is 33.1 Å². The zero-order valence-corrected chi connectivity index (χ0v) is 9.56. The number of hydrogen-bond acceptors (Lipinski definition) is 3. The molecule has 5 heteroatoms. The van der Waals surface area contributed by atoms with Gasteiger partial charge in [-0.1, -0.05) is 32.0 Å². The van der Waals surface area contributed by atoms with Gasteiger partial charge in [0.2, 0.25) is 0 Å². The van der Waals surface area contributed by atoms with E-state index >= 15 is 0 Å². The molecule has 0 aliphatic rings. The van der Waals surface area contributed by atoms with Gasteiger partial charge < -0.3 is 0 Å². The van der Waals surface area contributed by atoms with Crippen molar-refractivity contribution in [3.8, 4) is 0 Å². The molecule has 0 fully saturated rings. The summed E-state index contributed by atoms with van der Waals surface area (Å²) in [6.07, 6.45) is 3.30. The lowest BCUT2D eigenvalue weighted by Gasteiger charge is -2.02. The van der Waals surface area contributed by atoms with Crippen molar-refractivity contribution >= 4 is 11.8 Å². The molecule has 0 bridgehead atoms. The maximum Gasteiger partial charge on any atom is 0.343 e. The fraction of sp³-hybridized carbons (Fsp3) is 0.778. The van der Waals surface area contributed by atoms with Crippen LogP contribution in [0.3, 0.4) is 0 Å². The Hall–Kier alpha value is -0.710. The number of rotatable bonds is 6. The van der Waals surface area contributed by atoms with E-state index in [1.807, 2.05) is 0 Å². The maximum atomic E-state index is 11.3. The van der Waals surface area contributed by atoms with Crippen LogP contribution in [0.4, 0.5) is 0 Å². The van der Waals surface area contributed by atoms with Gasteiger partial charge in [-0.05, 0) is 12.8 Å². The highest BCUT2D eigenvalue weighted by Gasteiger charge is 2.06. The lowest BCUT2D eigenvalue weighted by molar-refractivity contribution is 0.603. The van der Waals surface area contributed by atoms with Gasteiger partial charge >= 0.3 is 5.69 Å². The standard InChI is InChI=1S/C9H17N3OS/c1-3-5-7-14-9-11-10-8(13)12(9)6-4-2/h3-7H2,1-2H3,(H,10,13). The molecule has 14 heavy (non-hydrogen) atoms. The predicted octanol–water partition coefficient (Wildman–Crippen LogP) is 1.87. The summed E-state index contributed by atoms with van der Waals surface area (Å²) in [5, 5.41) is 7.30. The molecule has 0 aliphatic heterocycles. The lowest BCUT2D eigenvalue weighted by atomic mass is 10.4. The summed E-state index contributed by atoms with van der Waals surface area (Å²) in [6.45, 7) is 4.97. The van der Waals surface area contributed by atoms with Crippen LogP contribution in [-0.4, -0.2) is 20.5 Å². The van der Waals surface area contributed by atoms with Crippen LogP contribution in [0.25, 0.3) is 0 Å². The Morgan fingerprint density at radius 2 is 2.21 bits per heavy atom. The molecule has 0 amide bonds. The molecule has 0 spiro atoms. The van der Waals surface area contributed by atoms with Crippen molar-refractivity contribution in [3.63, 3.8) is 0 Å². The summed E-state index contributed by atoms with van der Waals surface area (Å²) in [7, 11) is 0. The van der Waals surface area contributed by atoms with Crippen LogP contribution < -0.4 is 5.69 Å². The molecular formula is C9H17N3OS. The second kappa shape index (κ2) is 5.90. The second-order valence-electron chi connectivity index (χ2n) is 3.16. The number of nitrogens with one attached hydrogen (secondary N) is 1. The summed E-state index contributed by atoms with van der Waals surface area (Å²) < 4.78 is 1.71. The highest BCUT2D eigenvalue weighted by atomic mass is 32.2. The van der Waals surface area contributed by atoms with Crippen molar-refractivity contribution in [2.45, 2.75) is 44.8 Å². The Balaban J connectivity index is 2.61. The first-order chi connectivity index (χ1) is 6.79. The zero-order valence-electron chi connectivity index (χ0n) is 8.75. The molecule has 0 aromatic carbocycles. The number of aromatic amines is 1. The van der Waals surface area contributed by atoms with Crippen LogP contribution in [0.2, 0.25) is 0 Å². The number of nitrogens with zero attached hydrogens (tertiary/aromatic N) is 2. The monoisotopic (exact) mass is 215 g/mol. The molecule has 0 saturated carbocycles. The zero-order chi connectivity index (χ0) is 10.4. The minimum Gasteiger partial charge on any atom is -0.270 e. The Bertz CT molecular complexity index is 318. The summed E-state index contributed by atoms with van der Waals surface area (Å²) in [5.74, 6) is 1.03. The average Bonchev–Trinajstić information content (AvgIpc) is 2.51. The van der Waals surface area contributed by atoms with E-state index in [0.717, 1.165) is 30.3 Å². The van der Waals surface area contributed by atoms with Crippen molar-refractivity contribution in [1.82, 2.24) is 14.8 Å². The van der Waals surface area contributed by atoms with E-state index in [-0.39, 0.29) is 5.69 Å². The molecule has 0 saturated heterocycles. The minimum atomic E-state index is -0.0918. The Morgan fingerprint density at radius 3 is 2.86 bits per heavy atom. The smallest absolute Gasteiger partial charge is 0.270 e. The Morgan fingerprint density at radius 1 is 1.43 bits per heavy atom. The van der Waals surface area contributed by atoms with Gasteiger partial charge in [0.25, 0.3) is 0 Å². The predicted molar refractivity (Wildman–Crippen MR) is 58.8 cm³/mol. The van der Waals surface area contributed by atoms with Crippen LogP contribution >= 0.6 is 11.8 Å². The van der Waals surface area contributed by atoms with E-state index in [2.05, 4.69) is 24.0 Å². The van der Waals surface area contributed by atoms with Crippen LogP contribution in [-0.2, 0) is 6.54 Å². The fourth-order valence-corrected chi connectivity index (χ4v) is 2.20. The molecule has 0 atom stereocenters. The average molecular weight is 215 g/mol. The quantitative estimate of drug-likeness (QED) is 0.582. The third-order valence-corrected chi connectivity index (χ3v) is 2.96. The maximum absolute atomic E-state index is 11.3. The molecule has 1 rings (SSSR count). The van der Waals surface area contributed by atoms with Crippen molar-refractivity contribution < 1.29 is 0 Å². The number of thioether (sulfide) groups is 1. The first-order valence-electron chi connectivity index (χ1n) is 5.07. The van der Waals surface area contributed by atoms with Crippen molar-refractivity contribution in [3.05, 3.63) is 10.5 Å². The topological polar surface area (TPSA) is 50.7 Å². The van der Waals surface area contributed by atoms with Crippen LogP contribution in [0, 0.1) is 0 Å². The number of hydrogen-bond donors (Lipinski definition) is 1. The van der Waals surface area contributed by atoms with E-state index in [1.54, 1.807) is 16.3 Å². The fourth-order valence-electron chi connectivity index (χ4n) is 1.14. The van der Waals surface area contributed by atoms with Crippen LogP contribution in [0.5, 0.6) is 0 Å². The minimum absolute atomic E-state index is 0.0918. The third-order valence-electron chi connectivity index (χ3n) is 1.90. The molecule has 4 nitrogen and oxygen atoms in total. The molecule has 0 radical (unpaired) electrons. The van der Waals surface area contributed by atoms with Gasteiger partial charge in [0.1, 0.15) is 0 Å². The van der Waals surface area contributed by atoms with Gasteiger partial charge in [0.05, 0.1) is 0 Å². The highest BCUT2D eigenvalue weighted by molar-refractivity contribution is 7.99. The number of H-pyrrole nitrogens is 1. The van der Waals surface area contributed by atoms with E-state index in [1.165, 1.54) is 6.42 Å². The molecule has 0 aliphatic carbocycles. The summed E-state index contributed by atoms with van der Waals surface area (Å²) >= 11 is 1.65. The first-order valence-corrected chi connectivity index (χ1v) is 6.06. The Kier molecular flexibility index (Phi) is 4.79. The lowest BCUT2D eigenvalue weighted by Crippen LogP contribution is -2.17. The second-order valence-corrected chi connectivity index (χ2v) is 4.23. The van der Waals surface area contributed by atoms with Gasteiger partial charge in [-0.3, -0.25) is 4.57 Å². The van der Waals surface area contributed by atoms with Gasteiger partial charge in [0.15, 0.2) is 5.16 Å². The summed E-state index contributed by atoms with van der Waals surface area (Å²) in [6, 6.07) is 0. The molecule has 80 valence electrons. The number of aromatic nitrogens is 3. The third kappa shape index (κ3) is 2.90. The van der Waals surface area contributed by atoms with Gasteiger partial charge in [-0.2, -0.15) is 0 Å². The van der Waals surface area contributed by atoms with E-state index < -0.39 is 0 Å². The molecule has 1 heterocycles. The van der Waals surface area contributed by atoms with Crippen LogP contribution in [0.15, 0.2) is 9.95 Å². The first kappa shape index (κ1) is 11.4. The summed E-state index contributed by atoms with van der Waals surface area (Å²) in [4.78, 5) is 11.3. The molecule has 0 unspecified atom stereocenters. The molecular weight excluding hydrogens is 198 g/mol. The van der Waals surface area contributed by atoms with Gasteiger partial charge in [0, 0.05) is 12.3 Å². The molecule has 1 N–H and O–H groups in total. The SMILES string of the molecule is CCCCSc1n[nH]c(=O)n1CCC. The van der Waals surface area contributed by atoms with E-state index in [4.69, 9.17) is 0 Å². The molecule has 1 aromatic rings. The van der Waals surface area contributed by atoms with Crippen molar-refractivity contribution in [2.24, 2.45) is 0 Å². The Labute approximate surface area is 88.1 Å². The largest absolute Gasteiger partial charge is 0.343 e. The highest BCUT2D eigenvalue weighted by Crippen LogP contribution is 2.14. The van der Waals surface area contributed by atoms with Gasteiger partial charge in [-0.15, -0.1) is 5.10 Å².